The molecule has 0 aliphatic carbocycles. The lowest BCUT2D eigenvalue weighted by Gasteiger charge is -2.32. The fourth-order valence-corrected chi connectivity index (χ4v) is 2.31. The van der Waals surface area contributed by atoms with Gasteiger partial charge in [0.05, 0.1) is 0 Å². The number of hydrogen-bond acceptors (Lipinski definition) is 7. The standard InChI is InChI=1S/C15H23N5O2/c1-10-17-14(20(4)15(18-10)19(2)3)16-9-8-11-6-5-7-12(21)13(11)22/h5-7,10,21-22H,8-9H2,1-4H3,(H,16,17). The quantitative estimate of drug-likeness (QED) is 0.719. The van der Waals surface area contributed by atoms with Gasteiger partial charge in [0.2, 0.25) is 11.9 Å². The first-order valence-electron chi connectivity index (χ1n) is 7.20. The van der Waals surface area contributed by atoms with Gasteiger partial charge in [0.1, 0.15) is 6.17 Å². The van der Waals surface area contributed by atoms with Crippen LogP contribution in [-0.2, 0) is 6.42 Å². The van der Waals surface area contributed by atoms with Crippen molar-refractivity contribution in [2.24, 2.45) is 9.98 Å². The van der Waals surface area contributed by atoms with Crippen molar-refractivity contribution >= 4 is 11.9 Å². The molecule has 7 heteroatoms. The molecule has 1 aromatic carbocycles. The van der Waals surface area contributed by atoms with Gasteiger partial charge in [-0.3, -0.25) is 4.90 Å². The molecule has 1 unspecified atom stereocenters. The smallest absolute Gasteiger partial charge is 0.204 e. The Hall–Kier alpha value is -2.44. The second kappa shape index (κ2) is 6.55. The summed E-state index contributed by atoms with van der Waals surface area (Å²) in [5.74, 6) is 1.42. The Morgan fingerprint density at radius 3 is 2.68 bits per heavy atom. The molecule has 0 saturated heterocycles. The molecule has 0 spiro atoms. The predicted octanol–water partition coefficient (Wildman–Crippen LogP) is 0.795. The lowest BCUT2D eigenvalue weighted by molar-refractivity contribution is 0.399. The number of aromatic hydroxyl groups is 2. The molecule has 3 N–H and O–H groups in total. The van der Waals surface area contributed by atoms with Crippen molar-refractivity contribution in [2.45, 2.75) is 19.5 Å². The molecule has 1 atom stereocenters. The van der Waals surface area contributed by atoms with E-state index in [2.05, 4.69) is 15.3 Å². The van der Waals surface area contributed by atoms with Crippen LogP contribution in [0, 0.1) is 0 Å². The number of hydrogen-bond donors (Lipinski definition) is 3. The Bertz CT molecular complexity index is 598. The zero-order chi connectivity index (χ0) is 16.3. The number of para-hydroxylation sites is 1. The zero-order valence-corrected chi connectivity index (χ0v) is 13.4. The van der Waals surface area contributed by atoms with Gasteiger partial charge in [-0.1, -0.05) is 12.1 Å². The van der Waals surface area contributed by atoms with Gasteiger partial charge in [0.25, 0.3) is 0 Å². The van der Waals surface area contributed by atoms with E-state index in [9.17, 15) is 10.2 Å². The molecule has 1 aliphatic rings. The summed E-state index contributed by atoms with van der Waals surface area (Å²) in [7, 11) is 5.79. The Labute approximate surface area is 130 Å². The molecule has 0 aromatic heterocycles. The van der Waals surface area contributed by atoms with Crippen molar-refractivity contribution in [1.29, 1.82) is 0 Å². The van der Waals surface area contributed by atoms with E-state index < -0.39 is 0 Å². The topological polar surface area (TPSA) is 83.7 Å². The minimum Gasteiger partial charge on any atom is -0.504 e. The van der Waals surface area contributed by atoms with Crippen LogP contribution in [0.25, 0.3) is 0 Å². The Kier molecular flexibility index (Phi) is 4.75. The summed E-state index contributed by atoms with van der Waals surface area (Å²) in [6, 6.07) is 4.97. The average molecular weight is 305 g/mol. The minimum atomic E-state index is -0.134. The van der Waals surface area contributed by atoms with Gasteiger partial charge in [0.15, 0.2) is 11.5 Å². The molecular weight excluding hydrogens is 282 g/mol. The van der Waals surface area contributed by atoms with Crippen LogP contribution in [0.3, 0.4) is 0 Å². The van der Waals surface area contributed by atoms with Crippen LogP contribution < -0.4 is 5.32 Å². The number of guanidine groups is 2. The molecule has 1 heterocycles. The second-order valence-electron chi connectivity index (χ2n) is 5.43. The van der Waals surface area contributed by atoms with Gasteiger partial charge < -0.3 is 20.4 Å². The van der Waals surface area contributed by atoms with Gasteiger partial charge >= 0.3 is 0 Å². The molecule has 1 aliphatic heterocycles. The summed E-state index contributed by atoms with van der Waals surface area (Å²) < 4.78 is 0. The third-order valence-electron chi connectivity index (χ3n) is 3.40. The van der Waals surface area contributed by atoms with Crippen molar-refractivity contribution in [3.05, 3.63) is 23.8 Å². The molecule has 1 aromatic rings. The van der Waals surface area contributed by atoms with E-state index in [0.29, 0.717) is 18.5 Å². The zero-order valence-electron chi connectivity index (χ0n) is 13.4. The first kappa shape index (κ1) is 15.9. The van der Waals surface area contributed by atoms with E-state index in [4.69, 9.17) is 0 Å². The van der Waals surface area contributed by atoms with Crippen molar-refractivity contribution in [2.75, 3.05) is 27.7 Å². The van der Waals surface area contributed by atoms with Crippen molar-refractivity contribution in [3.8, 4) is 11.5 Å². The van der Waals surface area contributed by atoms with Crippen LogP contribution in [0.2, 0.25) is 0 Å². The predicted molar refractivity (Wildman–Crippen MR) is 87.3 cm³/mol. The summed E-state index contributed by atoms with van der Waals surface area (Å²) >= 11 is 0. The van der Waals surface area contributed by atoms with Gasteiger partial charge in [-0.15, -0.1) is 0 Å². The molecule has 0 radical (unpaired) electrons. The third kappa shape index (κ3) is 3.41. The molecule has 0 bridgehead atoms. The third-order valence-corrected chi connectivity index (χ3v) is 3.40. The number of phenols is 2. The molecular formula is C15H23N5O2. The molecule has 22 heavy (non-hydrogen) atoms. The summed E-state index contributed by atoms with van der Waals surface area (Å²) in [4.78, 5) is 12.8. The lowest BCUT2D eigenvalue weighted by atomic mass is 10.1. The molecule has 2 rings (SSSR count). The van der Waals surface area contributed by atoms with Crippen LogP contribution in [-0.4, -0.2) is 65.8 Å². The normalized spacial score (nSPS) is 17.8. The fraction of sp³-hybridized carbons (Fsp3) is 0.467. The average Bonchev–Trinajstić information content (AvgIpc) is 2.46. The largest absolute Gasteiger partial charge is 0.504 e. The number of aliphatic imine (C=N–C) groups is 2. The SMILES string of the molecule is CC1N=C(NCCc2cccc(O)c2O)N(C)C(N(C)C)=N1. The van der Waals surface area contributed by atoms with E-state index in [1.54, 1.807) is 12.1 Å². The van der Waals surface area contributed by atoms with E-state index in [0.717, 1.165) is 11.9 Å². The summed E-state index contributed by atoms with van der Waals surface area (Å²) in [5.41, 5.74) is 0.695. The first-order chi connectivity index (χ1) is 10.4. The summed E-state index contributed by atoms with van der Waals surface area (Å²) in [5, 5.41) is 22.6. The monoisotopic (exact) mass is 305 g/mol. The summed E-state index contributed by atoms with van der Waals surface area (Å²) in [6.07, 6.45) is 0.445. The van der Waals surface area contributed by atoms with Crippen LogP contribution >= 0.6 is 0 Å². The molecule has 7 nitrogen and oxygen atoms in total. The Morgan fingerprint density at radius 1 is 1.27 bits per heavy atom. The molecule has 0 saturated carbocycles. The van der Waals surface area contributed by atoms with Crippen molar-refractivity contribution in [1.82, 2.24) is 15.1 Å². The van der Waals surface area contributed by atoms with Crippen LogP contribution in [0.15, 0.2) is 28.2 Å². The van der Waals surface area contributed by atoms with Gasteiger partial charge in [0, 0.05) is 27.7 Å². The number of phenolic OH excluding ortho intramolecular Hbond substituents is 2. The summed E-state index contributed by atoms with van der Waals surface area (Å²) in [6.45, 7) is 2.52. The highest BCUT2D eigenvalue weighted by atomic mass is 16.3. The van der Waals surface area contributed by atoms with E-state index >= 15 is 0 Å². The highest BCUT2D eigenvalue weighted by molar-refractivity contribution is 5.99. The number of rotatable bonds is 3. The maximum atomic E-state index is 9.80. The molecule has 0 fully saturated rings. The fourth-order valence-electron chi connectivity index (χ4n) is 2.31. The van der Waals surface area contributed by atoms with E-state index in [-0.39, 0.29) is 17.7 Å². The van der Waals surface area contributed by atoms with Crippen LogP contribution in [0.1, 0.15) is 12.5 Å². The number of nitrogens with one attached hydrogen (secondary N) is 1. The van der Waals surface area contributed by atoms with E-state index in [1.165, 1.54) is 6.07 Å². The molecule has 0 amide bonds. The van der Waals surface area contributed by atoms with Gasteiger partial charge in [-0.05, 0) is 25.0 Å². The molecule has 120 valence electrons. The van der Waals surface area contributed by atoms with Gasteiger partial charge in [-0.2, -0.15) is 0 Å². The van der Waals surface area contributed by atoms with Crippen molar-refractivity contribution < 1.29 is 10.2 Å². The lowest BCUT2D eigenvalue weighted by Crippen LogP contribution is -2.50. The van der Waals surface area contributed by atoms with Crippen LogP contribution in [0.5, 0.6) is 11.5 Å². The number of benzene rings is 1. The minimum absolute atomic E-state index is 0.0628. The highest BCUT2D eigenvalue weighted by Gasteiger charge is 2.21. The first-order valence-corrected chi connectivity index (χ1v) is 7.20. The van der Waals surface area contributed by atoms with Crippen molar-refractivity contribution in [3.63, 3.8) is 0 Å². The number of nitrogens with zero attached hydrogens (tertiary/aromatic N) is 4. The Balaban J connectivity index is 1.98. The Morgan fingerprint density at radius 2 is 2.00 bits per heavy atom. The van der Waals surface area contributed by atoms with Crippen LogP contribution in [0.4, 0.5) is 0 Å². The highest BCUT2D eigenvalue weighted by Crippen LogP contribution is 2.28. The second-order valence-corrected chi connectivity index (χ2v) is 5.43. The maximum Gasteiger partial charge on any atom is 0.204 e. The maximum absolute atomic E-state index is 9.80. The van der Waals surface area contributed by atoms with Gasteiger partial charge in [-0.25, -0.2) is 9.98 Å². The van der Waals surface area contributed by atoms with E-state index in [1.807, 2.05) is 37.9 Å².